The fourth-order valence-electron chi connectivity index (χ4n) is 1.69. The van der Waals surface area contributed by atoms with Crippen LogP contribution in [0.15, 0.2) is 24.7 Å². The van der Waals surface area contributed by atoms with Crippen LogP contribution >= 0.6 is 0 Å². The summed E-state index contributed by atoms with van der Waals surface area (Å²) in [6, 6.07) is 0. The maximum atomic E-state index is 10.8. The molecule has 1 rings (SSSR count). The second kappa shape index (κ2) is 9.82. The molecule has 0 radical (unpaired) electrons. The Hall–Kier alpha value is -2.02. The lowest BCUT2D eigenvalue weighted by atomic mass is 10.2. The van der Waals surface area contributed by atoms with E-state index in [4.69, 9.17) is 14.2 Å². The van der Waals surface area contributed by atoms with E-state index in [1.165, 1.54) is 38.9 Å². The van der Waals surface area contributed by atoms with Gasteiger partial charge in [-0.1, -0.05) is 0 Å². The highest BCUT2D eigenvalue weighted by Crippen LogP contribution is 2.20. The Bertz CT molecular complexity index is 353. The van der Waals surface area contributed by atoms with Crippen molar-refractivity contribution < 1.29 is 33.3 Å². The summed E-state index contributed by atoms with van der Waals surface area (Å²) in [6.45, 7) is 0.726. The second-order valence-corrected chi connectivity index (χ2v) is 4.28. The van der Waals surface area contributed by atoms with E-state index in [9.17, 15) is 9.59 Å². The van der Waals surface area contributed by atoms with Gasteiger partial charge in [0.05, 0.1) is 51.1 Å². The number of rotatable bonds is 8. The topological polar surface area (TPSA) is 80.3 Å². The van der Waals surface area contributed by atoms with Gasteiger partial charge in [0, 0.05) is 0 Å². The average molecular weight is 300 g/mol. The molecule has 7 heteroatoms. The lowest BCUT2D eigenvalue weighted by Crippen LogP contribution is -2.18. The molecular formula is C14H20O7. The Labute approximate surface area is 123 Å². The van der Waals surface area contributed by atoms with Crippen molar-refractivity contribution in [3.8, 4) is 0 Å². The van der Waals surface area contributed by atoms with Crippen LogP contribution in [-0.2, 0) is 33.3 Å². The Morgan fingerprint density at radius 3 is 1.76 bits per heavy atom. The zero-order valence-electron chi connectivity index (χ0n) is 12.2. The average Bonchev–Trinajstić information content (AvgIpc) is 2.95. The Morgan fingerprint density at radius 2 is 1.38 bits per heavy atom. The molecule has 1 saturated heterocycles. The third-order valence-corrected chi connectivity index (χ3v) is 2.76. The summed E-state index contributed by atoms with van der Waals surface area (Å²) in [5.74, 6) is -0.933. The molecule has 7 nitrogen and oxygen atoms in total. The molecule has 0 spiro atoms. The highest BCUT2D eigenvalue weighted by molar-refractivity contribution is 5.81. The third kappa shape index (κ3) is 7.36. The van der Waals surface area contributed by atoms with Gasteiger partial charge in [-0.05, 0) is 12.8 Å². The molecule has 0 aromatic heterocycles. The molecule has 21 heavy (non-hydrogen) atoms. The number of carbonyl (C=O) groups excluding carboxylic acids is 2. The van der Waals surface area contributed by atoms with E-state index < -0.39 is 11.9 Å². The lowest BCUT2D eigenvalue weighted by molar-refractivity contribution is -0.135. The van der Waals surface area contributed by atoms with Crippen molar-refractivity contribution in [1.82, 2.24) is 0 Å². The van der Waals surface area contributed by atoms with Gasteiger partial charge in [0.15, 0.2) is 0 Å². The molecule has 1 fully saturated rings. The normalized spacial score (nSPS) is 21.6. The van der Waals surface area contributed by atoms with Gasteiger partial charge < -0.3 is 23.7 Å². The maximum absolute atomic E-state index is 10.8. The van der Waals surface area contributed by atoms with Gasteiger partial charge >= 0.3 is 11.9 Å². The van der Waals surface area contributed by atoms with Crippen molar-refractivity contribution in [2.45, 2.75) is 25.0 Å². The number of carbonyl (C=O) groups is 2. The van der Waals surface area contributed by atoms with Crippen LogP contribution in [0.4, 0.5) is 0 Å². The van der Waals surface area contributed by atoms with E-state index in [0.29, 0.717) is 13.2 Å². The number of esters is 2. The Balaban J connectivity index is 2.12. The molecule has 1 aliphatic rings. The molecule has 2 atom stereocenters. The molecule has 0 aromatic rings. The number of methoxy groups -OCH3 is 2. The van der Waals surface area contributed by atoms with Crippen LogP contribution in [-0.4, -0.2) is 51.6 Å². The molecule has 0 saturated carbocycles. The molecule has 0 amide bonds. The fourth-order valence-corrected chi connectivity index (χ4v) is 1.69. The first-order chi connectivity index (χ1) is 10.2. The Morgan fingerprint density at radius 1 is 0.952 bits per heavy atom. The van der Waals surface area contributed by atoms with E-state index in [1.807, 2.05) is 0 Å². The minimum absolute atomic E-state index is 0.0366. The van der Waals surface area contributed by atoms with Gasteiger partial charge in [0.2, 0.25) is 0 Å². The van der Waals surface area contributed by atoms with E-state index >= 15 is 0 Å². The van der Waals surface area contributed by atoms with Gasteiger partial charge in [-0.3, -0.25) is 0 Å². The summed E-state index contributed by atoms with van der Waals surface area (Å²) in [4.78, 5) is 21.6. The van der Waals surface area contributed by atoms with E-state index in [1.54, 1.807) is 0 Å². The van der Waals surface area contributed by atoms with Gasteiger partial charge in [-0.25, -0.2) is 9.59 Å². The molecule has 0 bridgehead atoms. The number of hydrogen-bond acceptors (Lipinski definition) is 7. The minimum Gasteiger partial charge on any atom is -0.498 e. The molecule has 0 aromatic carbocycles. The van der Waals surface area contributed by atoms with Crippen molar-refractivity contribution in [3.05, 3.63) is 24.7 Å². The summed E-state index contributed by atoms with van der Waals surface area (Å²) >= 11 is 0. The van der Waals surface area contributed by atoms with Gasteiger partial charge in [-0.15, -0.1) is 0 Å². The maximum Gasteiger partial charge on any atom is 0.333 e. The predicted octanol–water partition coefficient (Wildman–Crippen LogP) is 0.941. The molecular weight excluding hydrogens is 280 g/mol. The van der Waals surface area contributed by atoms with E-state index in [-0.39, 0.29) is 12.2 Å². The standard InChI is InChI=1S/C14H20O7/c1-17-13(15)5-7-19-9-11-3-4-12(21-11)10-20-8-6-14(16)18-2/h5-8,11-12H,3-4,9-10H2,1-2H3. The second-order valence-electron chi connectivity index (χ2n) is 4.28. The van der Waals surface area contributed by atoms with Crippen LogP contribution in [0, 0.1) is 0 Å². The summed E-state index contributed by atoms with van der Waals surface area (Å²) in [5, 5.41) is 0. The van der Waals surface area contributed by atoms with Crippen LogP contribution < -0.4 is 0 Å². The van der Waals surface area contributed by atoms with Crippen LogP contribution in [0.1, 0.15) is 12.8 Å². The minimum atomic E-state index is -0.467. The van der Waals surface area contributed by atoms with E-state index in [2.05, 4.69) is 9.47 Å². The van der Waals surface area contributed by atoms with Gasteiger partial charge in [-0.2, -0.15) is 0 Å². The molecule has 2 unspecified atom stereocenters. The fraction of sp³-hybridized carbons (Fsp3) is 0.571. The smallest absolute Gasteiger partial charge is 0.333 e. The zero-order chi connectivity index (χ0) is 15.5. The van der Waals surface area contributed by atoms with E-state index in [0.717, 1.165) is 12.8 Å². The summed E-state index contributed by atoms with van der Waals surface area (Å²) in [5.41, 5.74) is 0. The molecule has 0 N–H and O–H groups in total. The highest BCUT2D eigenvalue weighted by atomic mass is 16.6. The van der Waals surface area contributed by atoms with Crippen molar-refractivity contribution in [3.63, 3.8) is 0 Å². The SMILES string of the molecule is COC(=O)C=COCC1CCC(COC=CC(=O)OC)O1. The van der Waals surface area contributed by atoms with Crippen molar-refractivity contribution in [2.24, 2.45) is 0 Å². The first-order valence-electron chi connectivity index (χ1n) is 6.53. The first-order valence-corrected chi connectivity index (χ1v) is 6.53. The predicted molar refractivity (Wildman–Crippen MR) is 72.1 cm³/mol. The third-order valence-electron chi connectivity index (χ3n) is 2.76. The first kappa shape index (κ1) is 17.0. The summed E-state index contributed by atoms with van der Waals surface area (Å²) < 4.78 is 24.9. The summed E-state index contributed by atoms with van der Waals surface area (Å²) in [7, 11) is 2.60. The number of ether oxygens (including phenoxy) is 5. The zero-order valence-corrected chi connectivity index (χ0v) is 12.2. The van der Waals surface area contributed by atoms with Crippen molar-refractivity contribution in [1.29, 1.82) is 0 Å². The lowest BCUT2D eigenvalue weighted by Gasteiger charge is -2.12. The molecule has 0 aliphatic carbocycles. The van der Waals surface area contributed by atoms with Crippen LogP contribution in [0.25, 0.3) is 0 Å². The largest absolute Gasteiger partial charge is 0.498 e. The van der Waals surface area contributed by atoms with Crippen LogP contribution in [0.2, 0.25) is 0 Å². The van der Waals surface area contributed by atoms with Gasteiger partial charge in [0.25, 0.3) is 0 Å². The molecule has 118 valence electrons. The van der Waals surface area contributed by atoms with Crippen LogP contribution in [0.5, 0.6) is 0 Å². The molecule has 1 heterocycles. The number of hydrogen-bond donors (Lipinski definition) is 0. The monoisotopic (exact) mass is 300 g/mol. The van der Waals surface area contributed by atoms with Crippen molar-refractivity contribution >= 4 is 11.9 Å². The summed E-state index contributed by atoms with van der Waals surface area (Å²) in [6.07, 6.45) is 6.61. The molecule has 1 aliphatic heterocycles. The van der Waals surface area contributed by atoms with Crippen molar-refractivity contribution in [2.75, 3.05) is 27.4 Å². The van der Waals surface area contributed by atoms with Gasteiger partial charge in [0.1, 0.15) is 13.2 Å². The van der Waals surface area contributed by atoms with Crippen LogP contribution in [0.3, 0.4) is 0 Å². The Kier molecular flexibility index (Phi) is 7.96. The highest BCUT2D eigenvalue weighted by Gasteiger charge is 2.25. The quantitative estimate of drug-likeness (QED) is 0.375.